The second-order valence-corrected chi connectivity index (χ2v) is 26.7. The van der Waals surface area contributed by atoms with Crippen LogP contribution in [-0.2, 0) is 0 Å². The van der Waals surface area contributed by atoms with Crippen molar-refractivity contribution >= 4 is 58.3 Å². The van der Waals surface area contributed by atoms with E-state index in [0.29, 0.717) is 5.56 Å². The zero-order valence-electron chi connectivity index (χ0n) is 12.5. The van der Waals surface area contributed by atoms with Crippen molar-refractivity contribution in [3.8, 4) is 11.5 Å². The molecule has 120 valence electrons. The van der Waals surface area contributed by atoms with Crippen LogP contribution in [0.2, 0.25) is 0 Å². The van der Waals surface area contributed by atoms with Crippen LogP contribution in [0.25, 0.3) is 0 Å². The Bertz CT molecular complexity index is 816. The van der Waals surface area contributed by atoms with E-state index in [1.807, 2.05) is 66.7 Å². The molecule has 0 aliphatic rings. The van der Waals surface area contributed by atoms with Gasteiger partial charge in [-0.3, -0.25) is 0 Å². The van der Waals surface area contributed by atoms with Crippen LogP contribution < -0.4 is 9.09 Å². The molecule has 0 saturated carbocycles. The first-order chi connectivity index (χ1) is 11.6. The standard InChI is InChI=1S/C19H13AsI2O2/c21-20(22)16-10-6-14(7-11-16)19(23)15-8-12-18(13-9-15)24-17-4-2-1-3-5-17/h1-13H. The predicted molar refractivity (Wildman–Crippen MR) is 116 cm³/mol. The summed E-state index contributed by atoms with van der Waals surface area (Å²) in [6.07, 6.45) is 0. The normalized spacial score (nSPS) is 10.6. The molecule has 0 aliphatic heterocycles. The molecule has 3 aromatic carbocycles. The van der Waals surface area contributed by atoms with Gasteiger partial charge in [-0.2, -0.15) is 0 Å². The van der Waals surface area contributed by atoms with Gasteiger partial charge in [-0.05, 0) is 0 Å². The van der Waals surface area contributed by atoms with Crippen molar-refractivity contribution in [2.45, 2.75) is 0 Å². The molecule has 0 aromatic heterocycles. The number of halogens is 2. The Kier molecular flexibility index (Phi) is 6.36. The Balaban J connectivity index is 1.74. The summed E-state index contributed by atoms with van der Waals surface area (Å²) < 4.78 is 7.11. The summed E-state index contributed by atoms with van der Waals surface area (Å²) in [5, 5.41) is 0. The summed E-state index contributed by atoms with van der Waals surface area (Å²) in [6, 6.07) is 24.9. The van der Waals surface area contributed by atoms with Crippen molar-refractivity contribution < 1.29 is 9.53 Å². The monoisotopic (exact) mass is 602 g/mol. The van der Waals surface area contributed by atoms with Crippen molar-refractivity contribution in [1.29, 1.82) is 0 Å². The zero-order valence-corrected chi connectivity index (χ0v) is 18.7. The molecule has 2 nitrogen and oxygen atoms in total. The van der Waals surface area contributed by atoms with Gasteiger partial charge in [-0.1, -0.05) is 18.2 Å². The quantitative estimate of drug-likeness (QED) is 0.226. The number of ketones is 1. The van der Waals surface area contributed by atoms with Crippen LogP contribution >= 0.6 is 40.3 Å². The molecule has 3 aromatic rings. The average Bonchev–Trinajstić information content (AvgIpc) is 2.63. The van der Waals surface area contributed by atoms with Gasteiger partial charge < -0.3 is 0 Å². The molecule has 0 fully saturated rings. The maximum absolute atomic E-state index is 12.6. The van der Waals surface area contributed by atoms with E-state index in [9.17, 15) is 4.79 Å². The molecule has 0 saturated heterocycles. The van der Waals surface area contributed by atoms with Gasteiger partial charge in [0, 0.05) is 0 Å². The number of benzene rings is 3. The third-order valence-electron chi connectivity index (χ3n) is 3.42. The molecule has 0 unspecified atom stereocenters. The number of ether oxygens (including phenoxy) is 1. The molecule has 0 radical (unpaired) electrons. The van der Waals surface area contributed by atoms with E-state index < -0.39 is 7.95 Å². The van der Waals surface area contributed by atoms with Crippen molar-refractivity contribution in [2.24, 2.45) is 0 Å². The Morgan fingerprint density at radius 3 is 1.75 bits per heavy atom. The van der Waals surface area contributed by atoms with Crippen LogP contribution in [-0.4, -0.2) is 13.7 Å². The third kappa shape index (κ3) is 4.61. The summed E-state index contributed by atoms with van der Waals surface area (Å²) in [6.45, 7) is 0. The van der Waals surface area contributed by atoms with Crippen LogP contribution in [0.4, 0.5) is 0 Å². The van der Waals surface area contributed by atoms with Gasteiger partial charge in [0.1, 0.15) is 0 Å². The molecule has 24 heavy (non-hydrogen) atoms. The molecule has 0 amide bonds. The number of carbonyl (C=O) groups excluding carboxylic acids is 1. The van der Waals surface area contributed by atoms with Crippen LogP contribution in [0.1, 0.15) is 15.9 Å². The molecule has 0 spiro atoms. The second-order valence-electron chi connectivity index (χ2n) is 5.05. The Labute approximate surface area is 167 Å². The minimum absolute atomic E-state index is 0.0359. The Hall–Kier alpha value is -0.852. The number of para-hydroxylation sites is 1. The third-order valence-corrected chi connectivity index (χ3v) is 10.7. The summed E-state index contributed by atoms with van der Waals surface area (Å²) in [5.41, 5.74) is 1.39. The SMILES string of the molecule is O=C(c1ccc(Oc2ccccc2)cc1)c1ccc([As](I)I)cc1. The molecular formula is C19H13AsI2O2. The fourth-order valence-electron chi connectivity index (χ4n) is 2.19. The summed E-state index contributed by atoms with van der Waals surface area (Å²) in [5.74, 6) is 1.54. The Morgan fingerprint density at radius 2 is 1.21 bits per heavy atom. The van der Waals surface area contributed by atoms with Crippen LogP contribution in [0.3, 0.4) is 0 Å². The number of rotatable bonds is 5. The van der Waals surface area contributed by atoms with E-state index in [1.54, 1.807) is 0 Å². The van der Waals surface area contributed by atoms with Gasteiger partial charge in [0.25, 0.3) is 0 Å². The predicted octanol–water partition coefficient (Wildman–Crippen LogP) is 5.28. The van der Waals surface area contributed by atoms with E-state index in [-0.39, 0.29) is 5.78 Å². The van der Waals surface area contributed by atoms with E-state index >= 15 is 0 Å². The van der Waals surface area contributed by atoms with Crippen LogP contribution in [0.5, 0.6) is 11.5 Å². The van der Waals surface area contributed by atoms with E-state index in [1.165, 1.54) is 4.35 Å². The van der Waals surface area contributed by atoms with Gasteiger partial charge in [-0.15, -0.1) is 0 Å². The molecule has 5 heteroatoms. The molecule has 0 N–H and O–H groups in total. The first-order valence-corrected chi connectivity index (χ1v) is 19.6. The van der Waals surface area contributed by atoms with Crippen molar-refractivity contribution in [3.05, 3.63) is 90.0 Å². The molecule has 0 heterocycles. The number of hydrogen-bond acceptors (Lipinski definition) is 2. The van der Waals surface area contributed by atoms with Crippen LogP contribution in [0.15, 0.2) is 78.9 Å². The molecule has 3 rings (SSSR count). The van der Waals surface area contributed by atoms with Crippen molar-refractivity contribution in [2.75, 3.05) is 0 Å². The topological polar surface area (TPSA) is 26.3 Å². The minimum atomic E-state index is -0.948. The fraction of sp³-hybridized carbons (Fsp3) is 0. The first kappa shape index (κ1) is 18.0. The van der Waals surface area contributed by atoms with E-state index in [2.05, 4.69) is 52.4 Å². The average molecular weight is 602 g/mol. The molecule has 0 bridgehead atoms. The summed E-state index contributed by atoms with van der Waals surface area (Å²) >= 11 is 4.99. The maximum atomic E-state index is 12.6. The van der Waals surface area contributed by atoms with Crippen LogP contribution in [0, 0.1) is 0 Å². The second kappa shape index (κ2) is 8.49. The number of carbonyl (C=O) groups is 1. The van der Waals surface area contributed by atoms with Gasteiger partial charge >= 0.3 is 151 Å². The summed E-state index contributed by atoms with van der Waals surface area (Å²) in [7, 11) is -0.948. The van der Waals surface area contributed by atoms with Gasteiger partial charge in [0.2, 0.25) is 0 Å². The zero-order chi connectivity index (χ0) is 16.9. The number of hydrogen-bond donors (Lipinski definition) is 0. The van der Waals surface area contributed by atoms with E-state index in [0.717, 1.165) is 17.1 Å². The summed E-state index contributed by atoms with van der Waals surface area (Å²) in [4.78, 5) is 12.6. The van der Waals surface area contributed by atoms with Gasteiger partial charge in [-0.25, -0.2) is 0 Å². The van der Waals surface area contributed by atoms with E-state index in [4.69, 9.17) is 4.74 Å². The van der Waals surface area contributed by atoms with Crippen molar-refractivity contribution in [3.63, 3.8) is 0 Å². The molecule has 0 atom stereocenters. The van der Waals surface area contributed by atoms with Crippen molar-refractivity contribution in [1.82, 2.24) is 0 Å². The van der Waals surface area contributed by atoms with Gasteiger partial charge in [0.05, 0.1) is 0 Å². The Morgan fingerprint density at radius 1 is 0.708 bits per heavy atom. The molecule has 0 aliphatic carbocycles. The molecular weight excluding hydrogens is 589 g/mol. The van der Waals surface area contributed by atoms with Gasteiger partial charge in [0.15, 0.2) is 0 Å². The first-order valence-electron chi connectivity index (χ1n) is 7.23. The fourth-order valence-corrected chi connectivity index (χ4v) is 6.32.